The van der Waals surface area contributed by atoms with Crippen molar-refractivity contribution in [3.63, 3.8) is 0 Å². The summed E-state index contributed by atoms with van der Waals surface area (Å²) in [5.41, 5.74) is 7.58. The summed E-state index contributed by atoms with van der Waals surface area (Å²) in [5.74, 6) is 1.01. The van der Waals surface area contributed by atoms with Crippen LogP contribution in [-0.2, 0) is 0 Å². The number of rotatable bonds is 4. The minimum absolute atomic E-state index is 0.151. The Kier molecular flexibility index (Phi) is 6.44. The highest BCUT2D eigenvalue weighted by atomic mass is 16.2. The fourth-order valence-corrected chi connectivity index (χ4v) is 4.11. The van der Waals surface area contributed by atoms with Gasteiger partial charge in [0.05, 0.1) is 34.7 Å². The van der Waals surface area contributed by atoms with Crippen molar-refractivity contribution in [3.8, 4) is 6.07 Å². The number of hydrazone groups is 1. The number of allylic oxidation sites excluding steroid dienone is 2. The van der Waals surface area contributed by atoms with E-state index < -0.39 is 0 Å². The zero-order valence-electron chi connectivity index (χ0n) is 20.5. The van der Waals surface area contributed by atoms with Crippen LogP contribution in [0.15, 0.2) is 59.2 Å². The minimum atomic E-state index is -0.151. The molecule has 1 fully saturated rings. The first-order valence-electron chi connectivity index (χ1n) is 11.6. The molecule has 12 heteroatoms. The average Bonchev–Trinajstić information content (AvgIpc) is 3.52. The number of amides is 2. The zero-order valence-corrected chi connectivity index (χ0v) is 20.5. The molecule has 0 bridgehead atoms. The van der Waals surface area contributed by atoms with Gasteiger partial charge < -0.3 is 20.1 Å². The molecule has 0 radical (unpaired) electrons. The number of nitriles is 1. The van der Waals surface area contributed by atoms with Gasteiger partial charge in [0, 0.05) is 51.2 Å². The van der Waals surface area contributed by atoms with Crippen LogP contribution >= 0.6 is 0 Å². The van der Waals surface area contributed by atoms with Crippen LogP contribution in [0.3, 0.4) is 0 Å². The van der Waals surface area contributed by atoms with E-state index >= 15 is 0 Å². The molecule has 3 aromatic heterocycles. The highest BCUT2D eigenvalue weighted by Gasteiger charge is 2.26. The van der Waals surface area contributed by atoms with E-state index in [4.69, 9.17) is 0 Å². The minimum Gasteiger partial charge on any atom is -0.335 e. The summed E-state index contributed by atoms with van der Waals surface area (Å²) in [4.78, 5) is 37.1. The molecule has 0 aromatic carbocycles. The number of pyridine rings is 2. The van der Waals surface area contributed by atoms with Crippen LogP contribution < -0.4 is 10.7 Å². The Balaban J connectivity index is 1.39. The molecule has 2 aliphatic heterocycles. The number of aromatic nitrogens is 4. The van der Waals surface area contributed by atoms with Crippen LogP contribution in [0.1, 0.15) is 17.0 Å². The fourth-order valence-electron chi connectivity index (χ4n) is 4.11. The summed E-state index contributed by atoms with van der Waals surface area (Å²) >= 11 is 0. The maximum atomic E-state index is 12.7. The second-order valence-corrected chi connectivity index (χ2v) is 8.69. The van der Waals surface area contributed by atoms with Gasteiger partial charge >= 0.3 is 6.03 Å². The second-order valence-electron chi connectivity index (χ2n) is 8.69. The van der Waals surface area contributed by atoms with Crippen molar-refractivity contribution in [2.75, 3.05) is 45.6 Å². The molecule has 2 aliphatic rings. The summed E-state index contributed by atoms with van der Waals surface area (Å²) in [6.45, 7) is 7.25. The number of amidine groups is 1. The molecule has 3 aromatic rings. The molecule has 0 unspecified atom stereocenters. The van der Waals surface area contributed by atoms with Gasteiger partial charge in [-0.05, 0) is 24.8 Å². The lowest BCUT2D eigenvalue weighted by Crippen LogP contribution is -2.48. The van der Waals surface area contributed by atoms with Gasteiger partial charge in [-0.1, -0.05) is 6.58 Å². The molecule has 5 rings (SSSR count). The van der Waals surface area contributed by atoms with Gasteiger partial charge in [0.1, 0.15) is 17.3 Å². The number of H-pyrrole nitrogens is 1. The van der Waals surface area contributed by atoms with Crippen molar-refractivity contribution in [3.05, 3.63) is 66.0 Å². The van der Waals surface area contributed by atoms with Crippen LogP contribution in [0.25, 0.3) is 16.6 Å². The van der Waals surface area contributed by atoms with E-state index in [1.807, 2.05) is 19.2 Å². The molecule has 0 saturated carbocycles. The number of hydrogen-bond donors (Lipinski definition) is 3. The number of imidazole rings is 1. The molecule has 186 valence electrons. The van der Waals surface area contributed by atoms with Crippen LogP contribution in [0.2, 0.25) is 0 Å². The second kappa shape index (κ2) is 10.00. The Morgan fingerprint density at radius 2 is 2.00 bits per heavy atom. The number of likely N-dealkylation sites (N-methyl/N-ethyl adjacent to an activating group) is 1. The number of nitrogens with one attached hydrogen (secondary N) is 3. The molecule has 0 aliphatic carbocycles. The van der Waals surface area contributed by atoms with E-state index in [0.29, 0.717) is 63.9 Å². The topological polar surface area (TPSA) is 151 Å². The predicted molar refractivity (Wildman–Crippen MR) is 141 cm³/mol. The van der Waals surface area contributed by atoms with Crippen LogP contribution in [0, 0.1) is 11.3 Å². The Bertz CT molecular complexity index is 1520. The first kappa shape index (κ1) is 23.8. The van der Waals surface area contributed by atoms with Crippen LogP contribution in [0.5, 0.6) is 0 Å². The van der Waals surface area contributed by atoms with Gasteiger partial charge in [-0.3, -0.25) is 20.4 Å². The lowest BCUT2D eigenvalue weighted by molar-refractivity contribution is 0.164. The van der Waals surface area contributed by atoms with E-state index in [1.165, 1.54) is 6.20 Å². The number of hydrogen-bond acceptors (Lipinski definition) is 8. The highest BCUT2D eigenvalue weighted by molar-refractivity contribution is 6.32. The van der Waals surface area contributed by atoms with Crippen molar-refractivity contribution in [2.24, 2.45) is 10.1 Å². The average molecular weight is 496 g/mol. The summed E-state index contributed by atoms with van der Waals surface area (Å²) in [6.07, 6.45) is 8.21. The van der Waals surface area contributed by atoms with Gasteiger partial charge in [0.2, 0.25) is 0 Å². The number of piperazine rings is 1. The monoisotopic (exact) mass is 495 g/mol. The van der Waals surface area contributed by atoms with Crippen molar-refractivity contribution in [1.29, 1.82) is 5.26 Å². The number of aromatic amines is 1. The largest absolute Gasteiger partial charge is 0.335 e. The normalized spacial score (nSPS) is 18.1. The summed E-state index contributed by atoms with van der Waals surface area (Å²) < 4.78 is 0. The van der Waals surface area contributed by atoms with E-state index in [1.54, 1.807) is 30.5 Å². The zero-order chi connectivity index (χ0) is 25.9. The molecule has 0 spiro atoms. The van der Waals surface area contributed by atoms with Crippen molar-refractivity contribution < 1.29 is 4.79 Å². The van der Waals surface area contributed by atoms with Gasteiger partial charge in [-0.25, -0.2) is 9.78 Å². The SMILES string of the molecule is C=C(/C=C1/C(c2nc3c(C#N)cncc3[nH]2)=NN/C1=N/C)c1cncc(NC(=O)N2CCN(C)CC2)c1. The van der Waals surface area contributed by atoms with Crippen molar-refractivity contribution >= 4 is 39.9 Å². The van der Waals surface area contributed by atoms with Crippen molar-refractivity contribution in [2.45, 2.75) is 0 Å². The number of aliphatic imine (C=N–C) groups is 1. The van der Waals surface area contributed by atoms with E-state index in [-0.39, 0.29) is 6.03 Å². The molecule has 2 amide bonds. The first-order chi connectivity index (χ1) is 18.0. The summed E-state index contributed by atoms with van der Waals surface area (Å²) in [6, 6.07) is 3.78. The Morgan fingerprint density at radius 3 is 2.76 bits per heavy atom. The molecule has 0 atom stereocenters. The first-order valence-corrected chi connectivity index (χ1v) is 11.6. The maximum absolute atomic E-state index is 12.7. The third-order valence-electron chi connectivity index (χ3n) is 6.22. The number of urea groups is 1. The molecule has 37 heavy (non-hydrogen) atoms. The van der Waals surface area contributed by atoms with Gasteiger partial charge in [-0.2, -0.15) is 10.4 Å². The number of carbonyl (C=O) groups excluding carboxylic acids is 1. The van der Waals surface area contributed by atoms with Gasteiger partial charge in [0.25, 0.3) is 0 Å². The molecule has 12 nitrogen and oxygen atoms in total. The lowest BCUT2D eigenvalue weighted by atomic mass is 10.0. The van der Waals surface area contributed by atoms with Crippen LogP contribution in [0.4, 0.5) is 10.5 Å². The quantitative estimate of drug-likeness (QED) is 0.501. The molecular formula is C25H25N11O. The van der Waals surface area contributed by atoms with Gasteiger partial charge in [0.15, 0.2) is 11.7 Å². The third kappa shape index (κ3) is 4.80. The maximum Gasteiger partial charge on any atom is 0.321 e. The highest BCUT2D eigenvalue weighted by Crippen LogP contribution is 2.24. The molecule has 3 N–H and O–H groups in total. The third-order valence-corrected chi connectivity index (χ3v) is 6.22. The van der Waals surface area contributed by atoms with E-state index in [9.17, 15) is 10.1 Å². The predicted octanol–water partition coefficient (Wildman–Crippen LogP) is 1.98. The number of nitrogens with zero attached hydrogens (tertiary/aromatic N) is 8. The Hall–Kier alpha value is -4.89. The Morgan fingerprint density at radius 1 is 1.22 bits per heavy atom. The smallest absolute Gasteiger partial charge is 0.321 e. The molecule has 5 heterocycles. The van der Waals surface area contributed by atoms with Crippen molar-refractivity contribution in [1.82, 2.24) is 35.2 Å². The Labute approximate surface area is 213 Å². The van der Waals surface area contributed by atoms with E-state index in [2.05, 4.69) is 58.3 Å². The fraction of sp³-hybridized carbons (Fsp3) is 0.240. The van der Waals surface area contributed by atoms with E-state index in [0.717, 1.165) is 18.7 Å². The molecular weight excluding hydrogens is 470 g/mol. The number of carbonyl (C=O) groups is 1. The standard InChI is InChI=1S/C25H25N11O/c1-15(16-9-18(13-28-11-16)30-25(37)36-6-4-35(3)5-7-36)8-19-22(33-34-23(19)27-2)24-31-20-14-29-12-17(10-26)21(20)32-24/h8-9,11-14H,1,4-7H2,2-3H3,(H,27,34)(H,30,37)(H,31,32)/b19-8-. The lowest BCUT2D eigenvalue weighted by Gasteiger charge is -2.32. The summed E-state index contributed by atoms with van der Waals surface area (Å²) in [7, 11) is 3.70. The summed E-state index contributed by atoms with van der Waals surface area (Å²) in [5, 5.41) is 16.7. The van der Waals surface area contributed by atoms with Crippen LogP contribution in [-0.4, -0.2) is 87.6 Å². The van der Waals surface area contributed by atoms with Gasteiger partial charge in [-0.15, -0.1) is 0 Å². The number of fused-ring (bicyclic) bond motifs is 1. The number of anilines is 1. The molecule has 1 saturated heterocycles.